The number of amides is 1. The first kappa shape index (κ1) is 17.8. The minimum absolute atomic E-state index is 0.245. The Morgan fingerprint density at radius 2 is 2.00 bits per heavy atom. The van der Waals surface area contributed by atoms with Crippen LogP contribution in [-0.4, -0.2) is 54.9 Å². The van der Waals surface area contributed by atoms with E-state index < -0.39 is 5.60 Å². The molecule has 23 heavy (non-hydrogen) atoms. The first-order chi connectivity index (χ1) is 10.8. The fourth-order valence-electron chi connectivity index (χ4n) is 2.42. The fourth-order valence-corrected chi connectivity index (χ4v) is 2.80. The lowest BCUT2D eigenvalue weighted by Crippen LogP contribution is -2.39. The maximum atomic E-state index is 12.2. The third-order valence-electron chi connectivity index (χ3n) is 3.53. The number of nitrogens with zero attached hydrogens (tertiary/aromatic N) is 3. The number of hydrogen-bond acceptors (Lipinski definition) is 5. The van der Waals surface area contributed by atoms with Crippen molar-refractivity contribution >= 4 is 27.7 Å². The van der Waals surface area contributed by atoms with E-state index >= 15 is 0 Å². The van der Waals surface area contributed by atoms with Crippen LogP contribution in [0.5, 0.6) is 5.75 Å². The van der Waals surface area contributed by atoms with Gasteiger partial charge >= 0.3 is 6.09 Å². The van der Waals surface area contributed by atoms with Gasteiger partial charge in [-0.05, 0) is 43.1 Å². The molecule has 2 heterocycles. The van der Waals surface area contributed by atoms with Crippen LogP contribution < -0.4 is 9.64 Å². The van der Waals surface area contributed by atoms with E-state index in [0.29, 0.717) is 23.4 Å². The minimum atomic E-state index is -0.466. The van der Waals surface area contributed by atoms with E-state index in [1.165, 1.54) is 0 Å². The number of anilines is 1. The van der Waals surface area contributed by atoms with E-state index in [2.05, 4.69) is 25.8 Å². The lowest BCUT2D eigenvalue weighted by molar-refractivity contribution is 0.0263. The normalized spacial score (nSPS) is 16.0. The Morgan fingerprint density at radius 3 is 2.65 bits per heavy atom. The summed E-state index contributed by atoms with van der Waals surface area (Å²) in [6, 6.07) is 1.96. The SMILES string of the molecule is COc1cc(N2CCCN(C(=O)OC(C)(C)C)CC2)cnc1Br. The molecule has 1 aliphatic rings. The Morgan fingerprint density at radius 1 is 1.26 bits per heavy atom. The van der Waals surface area contributed by atoms with Crippen LogP contribution in [0.3, 0.4) is 0 Å². The summed E-state index contributed by atoms with van der Waals surface area (Å²) >= 11 is 3.36. The maximum absolute atomic E-state index is 12.2. The summed E-state index contributed by atoms with van der Waals surface area (Å²) in [6.07, 6.45) is 2.46. The molecule has 0 bridgehead atoms. The maximum Gasteiger partial charge on any atom is 0.410 e. The molecule has 1 amide bonds. The predicted molar refractivity (Wildman–Crippen MR) is 93.1 cm³/mol. The van der Waals surface area contributed by atoms with Crippen LogP contribution in [0.25, 0.3) is 0 Å². The van der Waals surface area contributed by atoms with Gasteiger partial charge in [0.25, 0.3) is 0 Å². The number of methoxy groups -OCH3 is 1. The molecule has 128 valence electrons. The number of aromatic nitrogens is 1. The zero-order chi connectivity index (χ0) is 17.0. The Labute approximate surface area is 145 Å². The second-order valence-electron chi connectivity index (χ2n) is 6.49. The summed E-state index contributed by atoms with van der Waals surface area (Å²) < 4.78 is 11.4. The van der Waals surface area contributed by atoms with Gasteiger partial charge in [-0.25, -0.2) is 9.78 Å². The molecular weight excluding hydrogens is 362 g/mol. The molecule has 1 saturated heterocycles. The monoisotopic (exact) mass is 385 g/mol. The van der Waals surface area contributed by atoms with Gasteiger partial charge < -0.3 is 19.3 Å². The molecule has 1 aliphatic heterocycles. The van der Waals surface area contributed by atoms with Gasteiger partial charge in [0.1, 0.15) is 10.2 Å². The standard InChI is InChI=1S/C16H24BrN3O3/c1-16(2,3)23-15(21)20-7-5-6-19(8-9-20)12-10-13(22-4)14(17)18-11-12/h10-11H,5-9H2,1-4H3. The molecule has 1 fully saturated rings. The van der Waals surface area contributed by atoms with Gasteiger partial charge in [-0.1, -0.05) is 0 Å². The molecule has 0 unspecified atom stereocenters. The van der Waals surface area contributed by atoms with Gasteiger partial charge in [-0.3, -0.25) is 0 Å². The van der Waals surface area contributed by atoms with Crippen molar-refractivity contribution in [3.8, 4) is 5.75 Å². The van der Waals surface area contributed by atoms with Gasteiger partial charge in [0, 0.05) is 32.2 Å². The Balaban J connectivity index is 2.02. The van der Waals surface area contributed by atoms with Crippen molar-refractivity contribution in [3.05, 3.63) is 16.9 Å². The van der Waals surface area contributed by atoms with Crippen LogP contribution in [0.2, 0.25) is 0 Å². The van der Waals surface area contributed by atoms with Crippen molar-refractivity contribution in [1.82, 2.24) is 9.88 Å². The minimum Gasteiger partial charge on any atom is -0.494 e. The number of ether oxygens (including phenoxy) is 2. The molecule has 0 aliphatic carbocycles. The largest absolute Gasteiger partial charge is 0.494 e. The summed E-state index contributed by atoms with van der Waals surface area (Å²) in [4.78, 5) is 20.5. The average Bonchev–Trinajstić information content (AvgIpc) is 2.72. The molecule has 0 aromatic carbocycles. The highest BCUT2D eigenvalue weighted by Gasteiger charge is 2.24. The number of carbonyl (C=O) groups is 1. The van der Waals surface area contributed by atoms with Crippen LogP contribution >= 0.6 is 15.9 Å². The van der Waals surface area contributed by atoms with Gasteiger partial charge in [-0.15, -0.1) is 0 Å². The average molecular weight is 386 g/mol. The first-order valence-corrected chi connectivity index (χ1v) is 8.52. The summed E-state index contributed by atoms with van der Waals surface area (Å²) in [5.41, 5.74) is 0.530. The highest BCUT2D eigenvalue weighted by atomic mass is 79.9. The van der Waals surface area contributed by atoms with Gasteiger partial charge in [0.05, 0.1) is 19.0 Å². The van der Waals surface area contributed by atoms with Gasteiger partial charge in [0.2, 0.25) is 0 Å². The van der Waals surface area contributed by atoms with E-state index in [1.54, 1.807) is 12.0 Å². The number of rotatable bonds is 2. The summed E-state index contributed by atoms with van der Waals surface area (Å²) in [5, 5.41) is 0. The highest BCUT2D eigenvalue weighted by Crippen LogP contribution is 2.27. The van der Waals surface area contributed by atoms with Crippen molar-refractivity contribution in [2.75, 3.05) is 38.2 Å². The number of pyridine rings is 1. The Hall–Kier alpha value is -1.50. The number of halogens is 1. The van der Waals surface area contributed by atoms with E-state index in [0.717, 1.165) is 25.2 Å². The van der Waals surface area contributed by atoms with Crippen molar-refractivity contribution in [2.45, 2.75) is 32.8 Å². The fraction of sp³-hybridized carbons (Fsp3) is 0.625. The summed E-state index contributed by atoms with van der Waals surface area (Å²) in [5.74, 6) is 0.704. The molecule has 2 rings (SSSR count). The quantitative estimate of drug-likeness (QED) is 0.730. The molecule has 0 atom stereocenters. The van der Waals surface area contributed by atoms with Crippen LogP contribution in [0.4, 0.5) is 10.5 Å². The molecule has 7 heteroatoms. The van der Waals surface area contributed by atoms with E-state index in [9.17, 15) is 4.79 Å². The molecule has 0 radical (unpaired) electrons. The second kappa shape index (κ2) is 7.38. The van der Waals surface area contributed by atoms with Crippen molar-refractivity contribution in [1.29, 1.82) is 0 Å². The van der Waals surface area contributed by atoms with Crippen molar-refractivity contribution in [3.63, 3.8) is 0 Å². The summed E-state index contributed by atoms with van der Waals surface area (Å²) in [7, 11) is 1.62. The predicted octanol–water partition coefficient (Wildman–Crippen LogP) is 3.30. The molecule has 6 nitrogen and oxygen atoms in total. The van der Waals surface area contributed by atoms with Crippen LogP contribution in [-0.2, 0) is 4.74 Å². The first-order valence-electron chi connectivity index (χ1n) is 7.72. The number of carbonyl (C=O) groups excluding carboxylic acids is 1. The highest BCUT2D eigenvalue weighted by molar-refractivity contribution is 9.10. The van der Waals surface area contributed by atoms with E-state index in [-0.39, 0.29) is 6.09 Å². The Bertz CT molecular complexity index is 560. The van der Waals surface area contributed by atoms with Crippen molar-refractivity contribution in [2.24, 2.45) is 0 Å². The zero-order valence-electron chi connectivity index (χ0n) is 14.1. The van der Waals surface area contributed by atoms with E-state index in [1.807, 2.05) is 33.0 Å². The van der Waals surface area contributed by atoms with Crippen LogP contribution in [0.1, 0.15) is 27.2 Å². The lowest BCUT2D eigenvalue weighted by atomic mass is 10.2. The smallest absolute Gasteiger partial charge is 0.410 e. The van der Waals surface area contributed by atoms with Crippen LogP contribution in [0.15, 0.2) is 16.9 Å². The lowest BCUT2D eigenvalue weighted by Gasteiger charge is -2.27. The summed E-state index contributed by atoms with van der Waals surface area (Å²) in [6.45, 7) is 8.59. The third kappa shape index (κ3) is 4.99. The Kier molecular flexibility index (Phi) is 5.73. The van der Waals surface area contributed by atoms with Gasteiger partial charge in [-0.2, -0.15) is 0 Å². The van der Waals surface area contributed by atoms with Crippen LogP contribution in [0, 0.1) is 0 Å². The third-order valence-corrected chi connectivity index (χ3v) is 4.12. The zero-order valence-corrected chi connectivity index (χ0v) is 15.7. The van der Waals surface area contributed by atoms with Crippen molar-refractivity contribution < 1.29 is 14.3 Å². The molecule has 0 N–H and O–H groups in total. The van der Waals surface area contributed by atoms with E-state index in [4.69, 9.17) is 9.47 Å². The second-order valence-corrected chi connectivity index (χ2v) is 7.25. The van der Waals surface area contributed by atoms with Gasteiger partial charge in [0.15, 0.2) is 5.75 Å². The topological polar surface area (TPSA) is 54.9 Å². The molecule has 0 saturated carbocycles. The number of hydrogen-bond donors (Lipinski definition) is 0. The molecule has 1 aromatic heterocycles. The molecular formula is C16H24BrN3O3. The molecule has 0 spiro atoms. The molecule has 1 aromatic rings.